The van der Waals surface area contributed by atoms with E-state index in [1.165, 1.54) is 0 Å². The molecular formula is C12H13ClN2O2. The zero-order valence-electron chi connectivity index (χ0n) is 9.44. The summed E-state index contributed by atoms with van der Waals surface area (Å²) in [4.78, 5) is 4.14. The summed E-state index contributed by atoms with van der Waals surface area (Å²) in [6.45, 7) is 0.512. The van der Waals surface area contributed by atoms with Crippen molar-refractivity contribution in [3.8, 4) is 17.1 Å². The number of rotatable bonds is 4. The van der Waals surface area contributed by atoms with Gasteiger partial charge in [0, 0.05) is 18.0 Å². The Morgan fingerprint density at radius 1 is 1.47 bits per heavy atom. The predicted octanol–water partition coefficient (Wildman–Crippen LogP) is 2.50. The number of methoxy groups -OCH3 is 1. The van der Waals surface area contributed by atoms with E-state index in [0.717, 1.165) is 5.56 Å². The second-order valence-electron chi connectivity index (χ2n) is 3.50. The molecule has 0 saturated heterocycles. The number of hydrogen-bond acceptors (Lipinski definition) is 4. The minimum atomic E-state index is 0.512. The van der Waals surface area contributed by atoms with Crippen molar-refractivity contribution in [1.29, 1.82) is 0 Å². The molecule has 90 valence electrons. The molecule has 0 fully saturated rings. The van der Waals surface area contributed by atoms with Gasteiger partial charge in [0.25, 0.3) is 0 Å². The van der Waals surface area contributed by atoms with Crippen molar-refractivity contribution in [2.75, 3.05) is 13.7 Å². The van der Waals surface area contributed by atoms with Crippen LogP contribution in [-0.2, 0) is 6.42 Å². The molecule has 1 heterocycles. The van der Waals surface area contributed by atoms with E-state index in [9.17, 15) is 0 Å². The van der Waals surface area contributed by atoms with Crippen LogP contribution in [0.25, 0.3) is 11.3 Å². The first-order valence-corrected chi connectivity index (χ1v) is 5.61. The largest absolute Gasteiger partial charge is 0.496 e. The van der Waals surface area contributed by atoms with E-state index in [4.69, 9.17) is 26.5 Å². The molecule has 4 nitrogen and oxygen atoms in total. The van der Waals surface area contributed by atoms with Crippen LogP contribution in [0.1, 0.15) is 5.89 Å². The number of oxazole rings is 1. The fourth-order valence-corrected chi connectivity index (χ4v) is 1.70. The van der Waals surface area contributed by atoms with E-state index in [2.05, 4.69) is 4.98 Å². The van der Waals surface area contributed by atoms with E-state index in [1.807, 2.05) is 6.07 Å². The van der Waals surface area contributed by atoms with E-state index < -0.39 is 0 Å². The van der Waals surface area contributed by atoms with Gasteiger partial charge in [0.05, 0.1) is 18.9 Å². The minimum Gasteiger partial charge on any atom is -0.496 e. The molecule has 1 aromatic carbocycles. The van der Waals surface area contributed by atoms with E-state index >= 15 is 0 Å². The van der Waals surface area contributed by atoms with Gasteiger partial charge < -0.3 is 14.9 Å². The molecule has 1 aromatic heterocycles. The van der Waals surface area contributed by atoms with Crippen LogP contribution in [0.2, 0.25) is 5.02 Å². The van der Waals surface area contributed by atoms with Crippen LogP contribution in [0.4, 0.5) is 0 Å². The van der Waals surface area contributed by atoms with Crippen molar-refractivity contribution in [3.63, 3.8) is 0 Å². The Bertz CT molecular complexity index is 511. The van der Waals surface area contributed by atoms with Crippen molar-refractivity contribution >= 4 is 11.6 Å². The van der Waals surface area contributed by atoms with Crippen molar-refractivity contribution in [2.24, 2.45) is 5.73 Å². The first-order valence-electron chi connectivity index (χ1n) is 5.23. The third-order valence-electron chi connectivity index (χ3n) is 2.34. The molecule has 0 amide bonds. The summed E-state index contributed by atoms with van der Waals surface area (Å²) in [6.07, 6.45) is 2.28. The molecule has 17 heavy (non-hydrogen) atoms. The van der Waals surface area contributed by atoms with Gasteiger partial charge in [-0.2, -0.15) is 0 Å². The molecular weight excluding hydrogens is 240 g/mol. The topological polar surface area (TPSA) is 61.3 Å². The van der Waals surface area contributed by atoms with Gasteiger partial charge in [-0.25, -0.2) is 4.98 Å². The zero-order valence-corrected chi connectivity index (χ0v) is 10.2. The summed E-state index contributed by atoms with van der Waals surface area (Å²) in [5, 5.41) is 0.618. The molecule has 0 atom stereocenters. The lowest BCUT2D eigenvalue weighted by Gasteiger charge is -2.05. The normalized spacial score (nSPS) is 10.5. The Hall–Kier alpha value is -1.52. The molecule has 2 rings (SSSR count). The fraction of sp³-hybridized carbons (Fsp3) is 0.250. The van der Waals surface area contributed by atoms with Crippen LogP contribution in [0.3, 0.4) is 0 Å². The van der Waals surface area contributed by atoms with Crippen molar-refractivity contribution in [1.82, 2.24) is 4.98 Å². The number of halogens is 1. The summed E-state index contributed by atoms with van der Waals surface area (Å²) in [5.74, 6) is 1.94. The van der Waals surface area contributed by atoms with Gasteiger partial charge >= 0.3 is 0 Å². The number of ether oxygens (including phenoxy) is 1. The zero-order chi connectivity index (χ0) is 12.3. The van der Waals surface area contributed by atoms with Gasteiger partial charge in [-0.1, -0.05) is 11.6 Å². The van der Waals surface area contributed by atoms with Gasteiger partial charge in [0.1, 0.15) is 5.75 Å². The quantitative estimate of drug-likeness (QED) is 0.908. The first kappa shape index (κ1) is 12.0. The minimum absolute atomic E-state index is 0.512. The second-order valence-corrected chi connectivity index (χ2v) is 3.94. The van der Waals surface area contributed by atoms with Gasteiger partial charge in [-0.05, 0) is 18.2 Å². The molecule has 0 aliphatic carbocycles. The summed E-state index contributed by atoms with van der Waals surface area (Å²) < 4.78 is 10.8. The average molecular weight is 253 g/mol. The Kier molecular flexibility index (Phi) is 3.66. The van der Waals surface area contributed by atoms with E-state index in [-0.39, 0.29) is 0 Å². The molecule has 5 heteroatoms. The smallest absolute Gasteiger partial charge is 0.196 e. The highest BCUT2D eigenvalue weighted by Crippen LogP contribution is 2.32. The third kappa shape index (κ3) is 2.60. The van der Waals surface area contributed by atoms with E-state index in [1.54, 1.807) is 25.4 Å². The van der Waals surface area contributed by atoms with Gasteiger partial charge in [-0.3, -0.25) is 0 Å². The van der Waals surface area contributed by atoms with Crippen LogP contribution in [0, 0.1) is 0 Å². The Labute approximate surface area is 104 Å². The highest BCUT2D eigenvalue weighted by molar-refractivity contribution is 6.30. The SMILES string of the molecule is COc1cc(Cl)ccc1-c1cnc(CCN)o1. The van der Waals surface area contributed by atoms with Crippen LogP contribution in [0.15, 0.2) is 28.8 Å². The van der Waals surface area contributed by atoms with Crippen molar-refractivity contribution in [3.05, 3.63) is 35.3 Å². The monoisotopic (exact) mass is 252 g/mol. The molecule has 0 unspecified atom stereocenters. The van der Waals surface area contributed by atoms with Gasteiger partial charge in [-0.15, -0.1) is 0 Å². The number of nitrogens with zero attached hydrogens (tertiary/aromatic N) is 1. The Morgan fingerprint density at radius 2 is 2.29 bits per heavy atom. The Balaban J connectivity index is 2.37. The second kappa shape index (κ2) is 5.21. The third-order valence-corrected chi connectivity index (χ3v) is 2.58. The molecule has 0 bridgehead atoms. The van der Waals surface area contributed by atoms with Crippen LogP contribution in [0.5, 0.6) is 5.75 Å². The number of aromatic nitrogens is 1. The Morgan fingerprint density at radius 3 is 3.00 bits per heavy atom. The highest BCUT2D eigenvalue weighted by atomic mass is 35.5. The molecule has 0 spiro atoms. The maximum Gasteiger partial charge on any atom is 0.196 e. The number of hydrogen-bond donors (Lipinski definition) is 1. The lowest BCUT2D eigenvalue weighted by atomic mass is 10.1. The molecule has 2 N–H and O–H groups in total. The molecule has 2 aromatic rings. The molecule has 0 aliphatic rings. The molecule has 0 radical (unpaired) electrons. The standard InChI is InChI=1S/C12H13ClN2O2/c1-16-10-6-8(13)2-3-9(10)11-7-15-12(17-11)4-5-14/h2-3,6-7H,4-5,14H2,1H3. The summed E-state index contributed by atoms with van der Waals surface area (Å²) in [7, 11) is 1.59. The van der Waals surface area contributed by atoms with Gasteiger partial charge in [0.2, 0.25) is 0 Å². The average Bonchev–Trinajstić information content (AvgIpc) is 2.78. The maximum absolute atomic E-state index is 5.90. The van der Waals surface area contributed by atoms with Crippen LogP contribution in [-0.4, -0.2) is 18.6 Å². The summed E-state index contributed by atoms with van der Waals surface area (Å²) >= 11 is 5.90. The number of nitrogens with two attached hydrogens (primary N) is 1. The van der Waals surface area contributed by atoms with E-state index in [0.29, 0.717) is 35.4 Å². The number of benzene rings is 1. The summed E-state index contributed by atoms with van der Waals surface area (Å²) in [6, 6.07) is 5.36. The van der Waals surface area contributed by atoms with Crippen LogP contribution < -0.4 is 10.5 Å². The predicted molar refractivity (Wildman–Crippen MR) is 66.3 cm³/mol. The fourth-order valence-electron chi connectivity index (χ4n) is 1.54. The molecule has 0 aliphatic heterocycles. The maximum atomic E-state index is 5.90. The first-order chi connectivity index (χ1) is 8.24. The lowest BCUT2D eigenvalue weighted by Crippen LogP contribution is -2.02. The lowest BCUT2D eigenvalue weighted by molar-refractivity contribution is 0.414. The van der Waals surface area contributed by atoms with Crippen molar-refractivity contribution in [2.45, 2.75) is 6.42 Å². The van der Waals surface area contributed by atoms with Crippen molar-refractivity contribution < 1.29 is 9.15 Å². The molecule has 0 saturated carbocycles. The van der Waals surface area contributed by atoms with Gasteiger partial charge in [0.15, 0.2) is 11.7 Å². The summed E-state index contributed by atoms with van der Waals surface area (Å²) in [5.41, 5.74) is 6.27. The highest BCUT2D eigenvalue weighted by Gasteiger charge is 2.11. The van der Waals surface area contributed by atoms with Crippen LogP contribution >= 0.6 is 11.6 Å².